The topological polar surface area (TPSA) is 47.1 Å². The summed E-state index contributed by atoms with van der Waals surface area (Å²) in [4.78, 5) is 2.56. The third-order valence-electron chi connectivity index (χ3n) is 3.01. The van der Waals surface area contributed by atoms with E-state index in [1.54, 1.807) is 4.68 Å². The Kier molecular flexibility index (Phi) is 3.85. The van der Waals surface area contributed by atoms with Crippen LogP contribution in [0.25, 0.3) is 0 Å². The van der Waals surface area contributed by atoms with Crippen LogP contribution >= 0.6 is 12.2 Å². The van der Waals surface area contributed by atoms with Gasteiger partial charge in [0, 0.05) is 43.7 Å². The number of nitrogens with two attached hydrogens (primary N) is 1. The molecule has 0 unspecified atom stereocenters. The molecular formula is C14H18N4S. The number of hydrogen-bond acceptors (Lipinski definition) is 3. The van der Waals surface area contributed by atoms with Crippen LogP contribution in [-0.4, -0.2) is 21.8 Å². The van der Waals surface area contributed by atoms with Crippen LogP contribution in [0.2, 0.25) is 0 Å². The predicted molar refractivity (Wildman–Crippen MR) is 82.4 cm³/mol. The number of thiocarbonyl (C=S) groups is 1. The number of anilines is 1. The molecule has 2 aromatic rings. The second kappa shape index (κ2) is 5.40. The van der Waals surface area contributed by atoms with Gasteiger partial charge in [-0.25, -0.2) is 0 Å². The maximum atomic E-state index is 5.81. The molecule has 19 heavy (non-hydrogen) atoms. The summed E-state index contributed by atoms with van der Waals surface area (Å²) >= 11 is 5.13. The van der Waals surface area contributed by atoms with Crippen LogP contribution in [0.5, 0.6) is 0 Å². The highest BCUT2D eigenvalue weighted by Gasteiger charge is 2.11. The first-order valence-electron chi connectivity index (χ1n) is 6.06. The summed E-state index contributed by atoms with van der Waals surface area (Å²) in [6.07, 6.45) is 3.87. The van der Waals surface area contributed by atoms with Gasteiger partial charge >= 0.3 is 0 Å². The number of aromatic nitrogens is 2. The molecule has 0 atom stereocenters. The summed E-state index contributed by atoms with van der Waals surface area (Å²) in [5, 5.41) is 4.17. The summed E-state index contributed by atoms with van der Waals surface area (Å²) in [7, 11) is 3.94. The largest absolute Gasteiger partial charge is 0.389 e. The molecule has 0 aliphatic heterocycles. The lowest BCUT2D eigenvalue weighted by Crippen LogP contribution is -2.21. The number of benzene rings is 1. The first-order chi connectivity index (χ1) is 8.97. The molecular weight excluding hydrogens is 256 g/mol. The first kappa shape index (κ1) is 13.5. The third-order valence-corrected chi connectivity index (χ3v) is 3.23. The molecule has 0 aliphatic rings. The van der Waals surface area contributed by atoms with E-state index >= 15 is 0 Å². The molecule has 2 N–H and O–H groups in total. The maximum absolute atomic E-state index is 5.81. The van der Waals surface area contributed by atoms with Crippen LogP contribution in [0.4, 0.5) is 5.69 Å². The van der Waals surface area contributed by atoms with Crippen LogP contribution in [0, 0.1) is 6.92 Å². The normalized spacial score (nSPS) is 10.5. The molecule has 0 aliphatic carbocycles. The minimum absolute atomic E-state index is 0.428. The molecule has 1 heterocycles. The number of aryl methyl sites for hydroxylation is 2. The monoisotopic (exact) mass is 274 g/mol. The second-order valence-corrected chi connectivity index (χ2v) is 5.20. The van der Waals surface area contributed by atoms with Gasteiger partial charge in [0.15, 0.2) is 0 Å². The smallest absolute Gasteiger partial charge is 0.106 e. The van der Waals surface area contributed by atoms with Crippen molar-refractivity contribution in [2.24, 2.45) is 12.8 Å². The molecule has 1 aromatic carbocycles. The fourth-order valence-electron chi connectivity index (χ4n) is 2.09. The Morgan fingerprint density at radius 2 is 2.21 bits per heavy atom. The molecule has 0 saturated heterocycles. The van der Waals surface area contributed by atoms with Gasteiger partial charge in [-0.15, -0.1) is 0 Å². The van der Waals surface area contributed by atoms with Gasteiger partial charge in [-0.05, 0) is 19.1 Å². The van der Waals surface area contributed by atoms with Gasteiger partial charge in [0.25, 0.3) is 0 Å². The van der Waals surface area contributed by atoms with Crippen molar-refractivity contribution < 1.29 is 0 Å². The Balaban J connectivity index is 2.28. The predicted octanol–water partition coefficient (Wildman–Crippen LogP) is 2.00. The van der Waals surface area contributed by atoms with Crippen LogP contribution < -0.4 is 10.6 Å². The van der Waals surface area contributed by atoms with Gasteiger partial charge in [-0.1, -0.05) is 23.8 Å². The zero-order valence-corrected chi connectivity index (χ0v) is 12.2. The van der Waals surface area contributed by atoms with Crippen molar-refractivity contribution in [3.63, 3.8) is 0 Å². The molecule has 0 amide bonds. The van der Waals surface area contributed by atoms with Crippen molar-refractivity contribution in [1.29, 1.82) is 0 Å². The van der Waals surface area contributed by atoms with E-state index in [4.69, 9.17) is 18.0 Å². The third kappa shape index (κ3) is 3.12. The lowest BCUT2D eigenvalue weighted by atomic mass is 10.1. The van der Waals surface area contributed by atoms with Crippen LogP contribution in [0.3, 0.4) is 0 Å². The standard InChI is InChI=1S/C14H18N4S/c1-10-4-5-13(12(6-10)14(15)19)17(2)8-11-7-16-18(3)9-11/h4-7,9H,8H2,1-3H3,(H2,15,19). The molecule has 0 saturated carbocycles. The molecule has 0 fully saturated rings. The average molecular weight is 274 g/mol. The molecule has 1 aromatic heterocycles. The zero-order chi connectivity index (χ0) is 14.0. The van der Waals surface area contributed by atoms with E-state index in [1.807, 2.05) is 39.5 Å². The lowest BCUT2D eigenvalue weighted by molar-refractivity contribution is 0.766. The number of hydrogen-bond donors (Lipinski definition) is 1. The average Bonchev–Trinajstić information content (AvgIpc) is 2.74. The van der Waals surface area contributed by atoms with Crippen molar-refractivity contribution >= 4 is 22.9 Å². The Morgan fingerprint density at radius 3 is 2.79 bits per heavy atom. The Hall–Kier alpha value is -1.88. The first-order valence-corrected chi connectivity index (χ1v) is 6.47. The second-order valence-electron chi connectivity index (χ2n) is 4.76. The summed E-state index contributed by atoms with van der Waals surface area (Å²) < 4.78 is 1.80. The van der Waals surface area contributed by atoms with Crippen molar-refractivity contribution in [2.45, 2.75) is 13.5 Å². The fraction of sp³-hybridized carbons (Fsp3) is 0.286. The van der Waals surface area contributed by atoms with Crippen LogP contribution in [0.15, 0.2) is 30.6 Å². The Labute approximate surface area is 118 Å². The summed E-state index contributed by atoms with van der Waals surface area (Å²) in [6.45, 7) is 2.80. The Bertz CT molecular complexity index is 603. The summed E-state index contributed by atoms with van der Waals surface area (Å²) in [5.74, 6) is 0. The van der Waals surface area contributed by atoms with E-state index < -0.39 is 0 Å². The highest BCUT2D eigenvalue weighted by atomic mass is 32.1. The van der Waals surface area contributed by atoms with Gasteiger partial charge in [-0.3, -0.25) is 4.68 Å². The van der Waals surface area contributed by atoms with Crippen molar-refractivity contribution in [3.05, 3.63) is 47.3 Å². The van der Waals surface area contributed by atoms with E-state index in [0.29, 0.717) is 4.99 Å². The summed E-state index contributed by atoms with van der Waals surface area (Å²) in [6, 6.07) is 6.15. The van der Waals surface area contributed by atoms with E-state index in [2.05, 4.69) is 22.1 Å². The molecule has 0 spiro atoms. The molecule has 0 radical (unpaired) electrons. The molecule has 5 heteroatoms. The van der Waals surface area contributed by atoms with E-state index in [9.17, 15) is 0 Å². The van der Waals surface area contributed by atoms with Gasteiger partial charge in [0.05, 0.1) is 6.20 Å². The van der Waals surface area contributed by atoms with Crippen molar-refractivity contribution in [2.75, 3.05) is 11.9 Å². The van der Waals surface area contributed by atoms with E-state index in [-0.39, 0.29) is 0 Å². The molecule has 0 bridgehead atoms. The van der Waals surface area contributed by atoms with Gasteiger partial charge in [0.1, 0.15) is 4.99 Å². The lowest BCUT2D eigenvalue weighted by Gasteiger charge is -2.22. The van der Waals surface area contributed by atoms with E-state index in [0.717, 1.165) is 28.9 Å². The van der Waals surface area contributed by atoms with Crippen LogP contribution in [-0.2, 0) is 13.6 Å². The number of rotatable bonds is 4. The fourth-order valence-corrected chi connectivity index (χ4v) is 2.26. The minimum atomic E-state index is 0.428. The van der Waals surface area contributed by atoms with E-state index in [1.165, 1.54) is 0 Å². The summed E-state index contributed by atoms with van der Waals surface area (Å²) in [5.41, 5.74) is 10.1. The quantitative estimate of drug-likeness (QED) is 0.866. The molecule has 100 valence electrons. The van der Waals surface area contributed by atoms with Gasteiger partial charge in [-0.2, -0.15) is 5.10 Å². The Morgan fingerprint density at radius 1 is 1.47 bits per heavy atom. The zero-order valence-electron chi connectivity index (χ0n) is 11.4. The molecule has 4 nitrogen and oxygen atoms in total. The maximum Gasteiger partial charge on any atom is 0.106 e. The highest BCUT2D eigenvalue weighted by Crippen LogP contribution is 2.22. The van der Waals surface area contributed by atoms with Crippen molar-refractivity contribution in [1.82, 2.24) is 9.78 Å². The van der Waals surface area contributed by atoms with Crippen molar-refractivity contribution in [3.8, 4) is 0 Å². The van der Waals surface area contributed by atoms with Gasteiger partial charge < -0.3 is 10.6 Å². The SMILES string of the molecule is Cc1ccc(N(C)Cc2cnn(C)c2)c(C(N)=S)c1. The minimum Gasteiger partial charge on any atom is -0.389 e. The highest BCUT2D eigenvalue weighted by molar-refractivity contribution is 7.80. The number of nitrogens with zero attached hydrogens (tertiary/aromatic N) is 3. The molecule has 2 rings (SSSR count). The van der Waals surface area contributed by atoms with Gasteiger partial charge in [0.2, 0.25) is 0 Å². The van der Waals surface area contributed by atoms with Crippen LogP contribution in [0.1, 0.15) is 16.7 Å².